The summed E-state index contributed by atoms with van der Waals surface area (Å²) < 4.78 is 5.46. The molecule has 1 aliphatic heterocycles. The minimum absolute atomic E-state index is 0.0220. The van der Waals surface area contributed by atoms with Gasteiger partial charge in [0, 0.05) is 25.6 Å². The van der Waals surface area contributed by atoms with Crippen molar-refractivity contribution in [2.45, 2.75) is 33.3 Å². The molecule has 1 amide bonds. The Morgan fingerprint density at radius 2 is 2.00 bits per heavy atom. The van der Waals surface area contributed by atoms with E-state index in [0.717, 1.165) is 6.42 Å². The summed E-state index contributed by atoms with van der Waals surface area (Å²) in [6, 6.07) is 0. The van der Waals surface area contributed by atoms with Crippen molar-refractivity contribution in [2.75, 3.05) is 19.7 Å². The quantitative estimate of drug-likeness (QED) is 0.802. The summed E-state index contributed by atoms with van der Waals surface area (Å²) in [5.41, 5.74) is 0. The van der Waals surface area contributed by atoms with Gasteiger partial charge in [-0.3, -0.25) is 9.59 Å². The zero-order chi connectivity index (χ0) is 13.0. The summed E-state index contributed by atoms with van der Waals surface area (Å²) in [7, 11) is 0. The van der Waals surface area contributed by atoms with E-state index in [2.05, 4.69) is 0 Å². The normalized spacial score (nSPS) is 24.9. The molecule has 0 spiro atoms. The minimum atomic E-state index is -0.926. The first-order valence-corrected chi connectivity index (χ1v) is 6.06. The topological polar surface area (TPSA) is 66.8 Å². The fraction of sp³-hybridized carbons (Fsp3) is 0.833. The molecule has 17 heavy (non-hydrogen) atoms. The van der Waals surface area contributed by atoms with Crippen molar-refractivity contribution in [3.63, 3.8) is 0 Å². The van der Waals surface area contributed by atoms with Crippen molar-refractivity contribution in [2.24, 2.45) is 11.8 Å². The van der Waals surface area contributed by atoms with Crippen molar-refractivity contribution in [3.8, 4) is 0 Å². The first-order chi connectivity index (χ1) is 7.93. The monoisotopic (exact) mass is 243 g/mol. The maximum absolute atomic E-state index is 12.1. The molecular formula is C12H21NO4. The lowest BCUT2D eigenvalue weighted by Crippen LogP contribution is -2.42. The highest BCUT2D eigenvalue weighted by Gasteiger charge is 2.30. The Hall–Kier alpha value is -1.10. The van der Waals surface area contributed by atoms with Gasteiger partial charge in [-0.1, -0.05) is 13.8 Å². The van der Waals surface area contributed by atoms with Crippen molar-refractivity contribution >= 4 is 11.9 Å². The number of nitrogens with zero attached hydrogens (tertiary/aromatic N) is 1. The molecule has 0 bridgehead atoms. The lowest BCUT2D eigenvalue weighted by Gasteiger charge is -2.26. The third-order valence-corrected chi connectivity index (χ3v) is 3.29. The number of carboxylic acids is 1. The van der Waals surface area contributed by atoms with Gasteiger partial charge in [-0.15, -0.1) is 0 Å². The molecule has 1 saturated heterocycles. The summed E-state index contributed by atoms with van der Waals surface area (Å²) in [4.78, 5) is 24.7. The van der Waals surface area contributed by atoms with E-state index < -0.39 is 17.8 Å². The molecule has 1 rings (SSSR count). The maximum atomic E-state index is 12.1. The second-order valence-electron chi connectivity index (χ2n) is 4.73. The molecule has 1 heterocycles. The summed E-state index contributed by atoms with van der Waals surface area (Å²) in [5, 5.41) is 8.91. The summed E-state index contributed by atoms with van der Waals surface area (Å²) in [6.07, 6.45) is 0.832. The molecule has 3 unspecified atom stereocenters. The zero-order valence-electron chi connectivity index (χ0n) is 10.7. The fourth-order valence-corrected chi connectivity index (χ4v) is 1.91. The molecule has 1 N–H and O–H groups in total. The van der Waals surface area contributed by atoms with Gasteiger partial charge in [0.15, 0.2) is 0 Å². The van der Waals surface area contributed by atoms with Crippen LogP contribution < -0.4 is 0 Å². The van der Waals surface area contributed by atoms with Gasteiger partial charge in [0.25, 0.3) is 0 Å². The molecule has 1 fully saturated rings. The Balaban J connectivity index is 2.64. The van der Waals surface area contributed by atoms with Crippen LogP contribution in [0.2, 0.25) is 0 Å². The van der Waals surface area contributed by atoms with Crippen LogP contribution in [0.1, 0.15) is 27.2 Å². The van der Waals surface area contributed by atoms with E-state index in [1.165, 1.54) is 0 Å². The molecule has 0 aromatic carbocycles. The lowest BCUT2D eigenvalue weighted by atomic mass is 9.94. The van der Waals surface area contributed by atoms with E-state index >= 15 is 0 Å². The number of hydrogen-bond acceptors (Lipinski definition) is 3. The van der Waals surface area contributed by atoms with E-state index in [1.807, 2.05) is 6.92 Å². The molecule has 3 atom stereocenters. The second kappa shape index (κ2) is 6.00. The van der Waals surface area contributed by atoms with Crippen LogP contribution in [0.15, 0.2) is 0 Å². The van der Waals surface area contributed by atoms with Crippen LogP contribution in [0.4, 0.5) is 0 Å². The van der Waals surface area contributed by atoms with E-state index in [0.29, 0.717) is 19.7 Å². The third-order valence-electron chi connectivity index (χ3n) is 3.29. The molecule has 0 aliphatic carbocycles. The average Bonchev–Trinajstić information content (AvgIpc) is 2.50. The van der Waals surface area contributed by atoms with Gasteiger partial charge in [0.1, 0.15) is 0 Å². The number of carbonyl (C=O) groups is 2. The molecule has 0 radical (unpaired) electrons. The predicted molar refractivity (Wildman–Crippen MR) is 62.6 cm³/mol. The van der Waals surface area contributed by atoms with Crippen molar-refractivity contribution in [1.82, 2.24) is 4.90 Å². The minimum Gasteiger partial charge on any atom is -0.481 e. The van der Waals surface area contributed by atoms with Crippen LogP contribution in [0.5, 0.6) is 0 Å². The Morgan fingerprint density at radius 3 is 2.59 bits per heavy atom. The van der Waals surface area contributed by atoms with Crippen molar-refractivity contribution < 1.29 is 19.4 Å². The Kier molecular flexibility index (Phi) is 4.93. The highest BCUT2D eigenvalue weighted by Crippen LogP contribution is 2.16. The Bertz CT molecular complexity index is 292. The SMILES string of the molecule is CC1CN(C(=O)C(C)C(C)C(=O)O)CCCO1. The molecule has 5 nitrogen and oxygen atoms in total. The smallest absolute Gasteiger partial charge is 0.307 e. The number of aliphatic carboxylic acids is 1. The Labute approximate surface area is 102 Å². The largest absolute Gasteiger partial charge is 0.481 e. The van der Waals surface area contributed by atoms with Gasteiger partial charge >= 0.3 is 5.97 Å². The van der Waals surface area contributed by atoms with Crippen molar-refractivity contribution in [1.29, 1.82) is 0 Å². The molecular weight excluding hydrogens is 222 g/mol. The summed E-state index contributed by atoms with van der Waals surface area (Å²) in [5.74, 6) is -2.15. The van der Waals surface area contributed by atoms with Crippen LogP contribution in [0.25, 0.3) is 0 Å². The van der Waals surface area contributed by atoms with Gasteiger partial charge in [-0.25, -0.2) is 0 Å². The van der Waals surface area contributed by atoms with Gasteiger partial charge in [-0.05, 0) is 13.3 Å². The number of carbonyl (C=O) groups excluding carboxylic acids is 1. The molecule has 5 heteroatoms. The van der Waals surface area contributed by atoms with Crippen LogP contribution in [-0.4, -0.2) is 47.7 Å². The lowest BCUT2D eigenvalue weighted by molar-refractivity contribution is -0.149. The third kappa shape index (κ3) is 3.70. The van der Waals surface area contributed by atoms with E-state index in [9.17, 15) is 9.59 Å². The predicted octanol–water partition coefficient (Wildman–Crippen LogP) is 0.981. The molecule has 98 valence electrons. The first-order valence-electron chi connectivity index (χ1n) is 6.06. The van der Waals surface area contributed by atoms with Gasteiger partial charge in [0.05, 0.1) is 12.0 Å². The van der Waals surface area contributed by atoms with E-state index in [4.69, 9.17) is 9.84 Å². The molecule has 0 aromatic heterocycles. The number of carboxylic acid groups (broad SMARTS) is 1. The van der Waals surface area contributed by atoms with Crippen LogP contribution in [0, 0.1) is 11.8 Å². The highest BCUT2D eigenvalue weighted by atomic mass is 16.5. The number of rotatable bonds is 3. The molecule has 1 aliphatic rings. The second-order valence-corrected chi connectivity index (χ2v) is 4.73. The number of amides is 1. The van der Waals surface area contributed by atoms with E-state index in [-0.39, 0.29) is 12.0 Å². The average molecular weight is 243 g/mol. The van der Waals surface area contributed by atoms with E-state index in [1.54, 1.807) is 18.7 Å². The molecule has 0 saturated carbocycles. The van der Waals surface area contributed by atoms with Crippen LogP contribution in [0.3, 0.4) is 0 Å². The number of hydrogen-bond donors (Lipinski definition) is 1. The highest BCUT2D eigenvalue weighted by molar-refractivity contribution is 5.84. The van der Waals surface area contributed by atoms with Gasteiger partial charge in [0.2, 0.25) is 5.91 Å². The van der Waals surface area contributed by atoms with Crippen LogP contribution in [-0.2, 0) is 14.3 Å². The zero-order valence-corrected chi connectivity index (χ0v) is 10.7. The van der Waals surface area contributed by atoms with Gasteiger partial charge < -0.3 is 14.7 Å². The van der Waals surface area contributed by atoms with Crippen molar-refractivity contribution in [3.05, 3.63) is 0 Å². The standard InChI is InChI=1S/C12H21NO4/c1-8-7-13(5-4-6-17-8)11(14)9(2)10(3)12(15)16/h8-10H,4-7H2,1-3H3,(H,15,16). The fourth-order valence-electron chi connectivity index (χ4n) is 1.91. The summed E-state index contributed by atoms with van der Waals surface area (Å²) >= 11 is 0. The molecule has 0 aromatic rings. The maximum Gasteiger partial charge on any atom is 0.307 e. The summed E-state index contributed by atoms with van der Waals surface area (Å²) in [6.45, 7) is 7.04. The number of ether oxygens (including phenoxy) is 1. The Morgan fingerprint density at radius 1 is 1.35 bits per heavy atom. The first kappa shape index (κ1) is 14.0. The van der Waals surface area contributed by atoms with Gasteiger partial charge in [-0.2, -0.15) is 0 Å². The van der Waals surface area contributed by atoms with Crippen LogP contribution >= 0.6 is 0 Å².